The van der Waals surface area contributed by atoms with Crippen LogP contribution in [0.2, 0.25) is 19.6 Å². The maximum Gasteiger partial charge on any atom is 0.471 e. The van der Waals surface area contributed by atoms with E-state index in [1.807, 2.05) is 25.7 Å². The lowest BCUT2D eigenvalue weighted by molar-refractivity contribution is -0.188. The third kappa shape index (κ3) is 8.31. The number of hydrogen-bond donors (Lipinski definition) is 0. The molecule has 0 aliphatic carbocycles. The van der Waals surface area contributed by atoms with Gasteiger partial charge in [0.25, 0.3) is 0 Å². The van der Waals surface area contributed by atoms with Gasteiger partial charge in [0.1, 0.15) is 12.4 Å². The quantitative estimate of drug-likeness (QED) is 0.568. The number of carbonyl (C=O) groups is 1. The van der Waals surface area contributed by atoms with Gasteiger partial charge in [-0.25, -0.2) is 0 Å². The van der Waals surface area contributed by atoms with Gasteiger partial charge < -0.3 is 14.1 Å². The molecule has 5 nitrogen and oxygen atoms in total. The van der Waals surface area contributed by atoms with Crippen molar-refractivity contribution in [3.05, 3.63) is 29.8 Å². The van der Waals surface area contributed by atoms with Crippen LogP contribution < -0.4 is 4.74 Å². The molecule has 0 fully saturated rings. The summed E-state index contributed by atoms with van der Waals surface area (Å²) >= 11 is 0. The van der Waals surface area contributed by atoms with Gasteiger partial charge in [0.2, 0.25) is 0 Å². The average Bonchev–Trinajstić information content (AvgIpc) is 2.56. The predicted octanol–water partition coefficient (Wildman–Crippen LogP) is 4.15. The number of carbonyl (C=O) groups excluding carboxylic acids is 1. The molecule has 0 bridgehead atoms. The standard InChI is InChI=1S/C19H27F3N2O3Si/c1-14(2)24(18(25)19(20,21)22)12-17(27-28(3,4)5)13-26-16-8-6-15(7-9-16)10-11-23/h6-9,14,17H,10,12-13H2,1-5H3. The molecule has 1 atom stereocenters. The van der Waals surface area contributed by atoms with Crippen molar-refractivity contribution < 1.29 is 27.1 Å². The number of rotatable bonds is 9. The van der Waals surface area contributed by atoms with E-state index in [1.165, 1.54) is 13.8 Å². The topological polar surface area (TPSA) is 62.6 Å². The summed E-state index contributed by atoms with van der Waals surface area (Å²) in [6.07, 6.45) is -5.35. The molecule has 0 radical (unpaired) electrons. The maximum absolute atomic E-state index is 12.9. The summed E-state index contributed by atoms with van der Waals surface area (Å²) < 4.78 is 50.4. The van der Waals surface area contributed by atoms with Crippen LogP contribution >= 0.6 is 0 Å². The Balaban J connectivity index is 2.89. The van der Waals surface area contributed by atoms with E-state index >= 15 is 0 Å². The molecule has 28 heavy (non-hydrogen) atoms. The second-order valence-corrected chi connectivity index (χ2v) is 12.2. The van der Waals surface area contributed by atoms with Crippen LogP contribution in [-0.4, -0.2) is 50.6 Å². The Morgan fingerprint density at radius 2 is 1.79 bits per heavy atom. The van der Waals surface area contributed by atoms with Gasteiger partial charge in [0.15, 0.2) is 8.32 Å². The molecule has 0 N–H and O–H groups in total. The second kappa shape index (κ2) is 9.93. The van der Waals surface area contributed by atoms with Gasteiger partial charge in [-0.15, -0.1) is 0 Å². The molecule has 0 aromatic heterocycles. The molecule has 1 unspecified atom stereocenters. The highest BCUT2D eigenvalue weighted by molar-refractivity contribution is 6.69. The Morgan fingerprint density at radius 3 is 2.21 bits per heavy atom. The van der Waals surface area contributed by atoms with Crippen molar-refractivity contribution in [3.8, 4) is 11.8 Å². The molecule has 1 aromatic carbocycles. The number of benzene rings is 1. The van der Waals surface area contributed by atoms with E-state index in [2.05, 4.69) is 0 Å². The van der Waals surface area contributed by atoms with Crippen LogP contribution in [0.5, 0.6) is 5.75 Å². The number of nitriles is 1. The van der Waals surface area contributed by atoms with Gasteiger partial charge in [-0.05, 0) is 51.2 Å². The number of ether oxygens (including phenoxy) is 1. The van der Waals surface area contributed by atoms with Crippen LogP contribution in [0, 0.1) is 11.3 Å². The van der Waals surface area contributed by atoms with E-state index in [1.54, 1.807) is 24.3 Å². The van der Waals surface area contributed by atoms with Crippen LogP contribution in [0.25, 0.3) is 0 Å². The molecule has 9 heteroatoms. The van der Waals surface area contributed by atoms with Gasteiger partial charge in [-0.1, -0.05) is 12.1 Å². The largest absolute Gasteiger partial charge is 0.491 e. The van der Waals surface area contributed by atoms with Gasteiger partial charge >= 0.3 is 12.1 Å². The van der Waals surface area contributed by atoms with Gasteiger partial charge in [0.05, 0.1) is 18.6 Å². The van der Waals surface area contributed by atoms with E-state index in [9.17, 15) is 18.0 Å². The minimum Gasteiger partial charge on any atom is -0.491 e. The average molecular weight is 417 g/mol. The summed E-state index contributed by atoms with van der Waals surface area (Å²) in [5.74, 6) is -1.36. The second-order valence-electron chi connectivity index (χ2n) is 7.69. The highest BCUT2D eigenvalue weighted by atomic mass is 28.4. The van der Waals surface area contributed by atoms with Crippen LogP contribution in [0.4, 0.5) is 13.2 Å². The zero-order chi connectivity index (χ0) is 21.5. The number of amides is 1. The fourth-order valence-electron chi connectivity index (χ4n) is 2.52. The summed E-state index contributed by atoms with van der Waals surface area (Å²) in [5, 5.41) is 8.70. The predicted molar refractivity (Wildman–Crippen MR) is 102 cm³/mol. The summed E-state index contributed by atoms with van der Waals surface area (Å²) in [6.45, 7) is 8.61. The molecule has 0 saturated heterocycles. The minimum atomic E-state index is -4.94. The first-order valence-electron chi connectivity index (χ1n) is 8.98. The van der Waals surface area contributed by atoms with E-state index in [0.717, 1.165) is 10.5 Å². The first-order valence-corrected chi connectivity index (χ1v) is 12.4. The Bertz CT molecular complexity index is 680. The Kier molecular flexibility index (Phi) is 8.51. The minimum absolute atomic E-state index is 0.0101. The van der Waals surface area contributed by atoms with E-state index in [-0.39, 0.29) is 19.6 Å². The highest BCUT2D eigenvalue weighted by Gasteiger charge is 2.44. The van der Waals surface area contributed by atoms with E-state index in [4.69, 9.17) is 14.4 Å². The van der Waals surface area contributed by atoms with Crippen molar-refractivity contribution in [1.82, 2.24) is 4.90 Å². The molecule has 156 valence electrons. The third-order valence-corrected chi connectivity index (χ3v) is 4.73. The lowest BCUT2D eigenvalue weighted by atomic mass is 10.2. The van der Waals surface area contributed by atoms with Crippen molar-refractivity contribution >= 4 is 14.2 Å². The molecular formula is C19H27F3N2O3Si. The van der Waals surface area contributed by atoms with Crippen molar-refractivity contribution in [2.45, 2.75) is 58.2 Å². The van der Waals surface area contributed by atoms with Crippen LogP contribution in [0.1, 0.15) is 19.4 Å². The lowest BCUT2D eigenvalue weighted by Crippen LogP contribution is -2.51. The number of alkyl halides is 3. The fraction of sp³-hybridized carbons (Fsp3) is 0.579. The van der Waals surface area contributed by atoms with Crippen LogP contribution in [0.15, 0.2) is 24.3 Å². The molecule has 1 rings (SSSR count). The van der Waals surface area contributed by atoms with Crippen molar-refractivity contribution in [2.75, 3.05) is 13.2 Å². The highest BCUT2D eigenvalue weighted by Crippen LogP contribution is 2.22. The van der Waals surface area contributed by atoms with Crippen LogP contribution in [-0.2, 0) is 15.6 Å². The SMILES string of the molecule is CC(C)N(CC(COc1ccc(CC#N)cc1)O[Si](C)(C)C)C(=O)C(F)(F)F. The lowest BCUT2D eigenvalue weighted by Gasteiger charge is -2.34. The summed E-state index contributed by atoms with van der Waals surface area (Å²) in [6, 6.07) is 8.31. The Morgan fingerprint density at radius 1 is 1.21 bits per heavy atom. The van der Waals surface area contributed by atoms with Crippen molar-refractivity contribution in [2.24, 2.45) is 0 Å². The third-order valence-electron chi connectivity index (χ3n) is 3.69. The normalized spacial score (nSPS) is 13.1. The van der Waals surface area contributed by atoms with Gasteiger partial charge in [0, 0.05) is 12.6 Å². The molecule has 0 saturated carbocycles. The molecule has 0 heterocycles. The molecule has 0 aliphatic heterocycles. The number of halogens is 3. The Labute approximate surface area is 165 Å². The fourth-order valence-corrected chi connectivity index (χ4v) is 3.66. The summed E-state index contributed by atoms with van der Waals surface area (Å²) in [5.41, 5.74) is 0.839. The summed E-state index contributed by atoms with van der Waals surface area (Å²) in [4.78, 5) is 12.5. The number of nitrogens with zero attached hydrogens (tertiary/aromatic N) is 2. The smallest absolute Gasteiger partial charge is 0.471 e. The zero-order valence-electron chi connectivity index (χ0n) is 16.8. The molecule has 1 aromatic rings. The Hall–Kier alpha value is -2.05. The first-order chi connectivity index (χ1) is 12.8. The van der Waals surface area contributed by atoms with Crippen LogP contribution in [0.3, 0.4) is 0 Å². The monoisotopic (exact) mass is 416 g/mol. The maximum atomic E-state index is 12.9. The molecule has 1 amide bonds. The van der Waals surface area contributed by atoms with E-state index in [0.29, 0.717) is 5.75 Å². The number of hydrogen-bond acceptors (Lipinski definition) is 4. The molecule has 0 aliphatic rings. The van der Waals surface area contributed by atoms with E-state index < -0.39 is 32.5 Å². The van der Waals surface area contributed by atoms with Gasteiger partial charge in [-0.3, -0.25) is 4.79 Å². The first kappa shape index (κ1) is 24.0. The van der Waals surface area contributed by atoms with Crippen molar-refractivity contribution in [1.29, 1.82) is 5.26 Å². The van der Waals surface area contributed by atoms with Gasteiger partial charge in [-0.2, -0.15) is 18.4 Å². The van der Waals surface area contributed by atoms with Crippen molar-refractivity contribution in [3.63, 3.8) is 0 Å². The zero-order valence-corrected chi connectivity index (χ0v) is 17.8. The molecule has 0 spiro atoms. The molecular weight excluding hydrogens is 389 g/mol. The summed E-state index contributed by atoms with van der Waals surface area (Å²) in [7, 11) is -2.10.